The van der Waals surface area contributed by atoms with Gasteiger partial charge in [-0.1, -0.05) is 35.0 Å². The number of nitrogens with one attached hydrogen (secondary N) is 2. The van der Waals surface area contributed by atoms with Crippen molar-refractivity contribution in [1.82, 2.24) is 15.5 Å². The highest BCUT2D eigenvalue weighted by molar-refractivity contribution is 9.10. The van der Waals surface area contributed by atoms with Crippen molar-refractivity contribution in [1.29, 1.82) is 0 Å². The van der Waals surface area contributed by atoms with E-state index in [2.05, 4.69) is 26.6 Å². The molecule has 1 heterocycles. The van der Waals surface area contributed by atoms with Crippen molar-refractivity contribution < 1.29 is 14.4 Å². The number of amides is 4. The molecule has 6 nitrogen and oxygen atoms in total. The highest BCUT2D eigenvalue weighted by atomic mass is 79.9. The van der Waals surface area contributed by atoms with E-state index in [1.165, 1.54) is 0 Å². The van der Waals surface area contributed by atoms with Crippen molar-refractivity contribution in [3.63, 3.8) is 0 Å². The van der Waals surface area contributed by atoms with Gasteiger partial charge in [-0.2, -0.15) is 0 Å². The molecule has 1 saturated heterocycles. The standard InChI is InChI=1S/C18H22BrN3O3/c1-3-17(2)15(24)22(16(25)21-17)11-14(23)20-18(8-5-9-18)12-6-4-7-13(19)10-12/h4,6-7,10H,3,5,8-9,11H2,1-2H3,(H,20,23)(H,21,25)/t17-/m0/s1. The van der Waals surface area contributed by atoms with Gasteiger partial charge in [-0.25, -0.2) is 4.79 Å². The van der Waals surface area contributed by atoms with Crippen LogP contribution in [0, 0.1) is 0 Å². The van der Waals surface area contributed by atoms with E-state index in [1.54, 1.807) is 6.92 Å². The number of hydrogen-bond acceptors (Lipinski definition) is 3. The number of hydrogen-bond donors (Lipinski definition) is 2. The number of rotatable bonds is 5. The molecule has 0 unspecified atom stereocenters. The number of nitrogens with zero attached hydrogens (tertiary/aromatic N) is 1. The number of carbonyl (C=O) groups excluding carboxylic acids is 3. The van der Waals surface area contributed by atoms with Crippen molar-refractivity contribution >= 4 is 33.8 Å². The third kappa shape index (κ3) is 3.17. The maximum atomic E-state index is 12.6. The van der Waals surface area contributed by atoms with E-state index in [4.69, 9.17) is 0 Å². The van der Waals surface area contributed by atoms with Gasteiger partial charge in [0.05, 0.1) is 5.54 Å². The van der Waals surface area contributed by atoms with Crippen LogP contribution in [0.25, 0.3) is 0 Å². The molecular weight excluding hydrogens is 386 g/mol. The Hall–Kier alpha value is -1.89. The lowest BCUT2D eigenvalue weighted by Gasteiger charge is -2.43. The zero-order chi connectivity index (χ0) is 18.2. The molecule has 134 valence electrons. The molecule has 0 spiro atoms. The molecular formula is C18H22BrN3O3. The van der Waals surface area contributed by atoms with Crippen molar-refractivity contribution in [2.75, 3.05) is 6.54 Å². The summed E-state index contributed by atoms with van der Waals surface area (Å²) in [6.45, 7) is 3.26. The minimum atomic E-state index is -0.921. The Labute approximate surface area is 155 Å². The monoisotopic (exact) mass is 407 g/mol. The molecule has 1 aromatic rings. The van der Waals surface area contributed by atoms with Crippen LogP contribution in [-0.4, -0.2) is 34.8 Å². The average Bonchev–Trinajstić information content (AvgIpc) is 2.75. The fourth-order valence-corrected chi connectivity index (χ4v) is 3.78. The Bertz CT molecular complexity index is 732. The number of benzene rings is 1. The van der Waals surface area contributed by atoms with Gasteiger partial charge in [0.2, 0.25) is 5.91 Å². The Morgan fingerprint density at radius 2 is 2.08 bits per heavy atom. The summed E-state index contributed by atoms with van der Waals surface area (Å²) in [7, 11) is 0. The van der Waals surface area contributed by atoms with Crippen LogP contribution in [-0.2, 0) is 15.1 Å². The largest absolute Gasteiger partial charge is 0.345 e. The van der Waals surface area contributed by atoms with Gasteiger partial charge < -0.3 is 10.6 Å². The summed E-state index contributed by atoms with van der Waals surface area (Å²) in [6.07, 6.45) is 3.21. The molecule has 1 atom stereocenters. The Morgan fingerprint density at radius 1 is 1.36 bits per heavy atom. The molecule has 3 rings (SSSR count). The Kier molecular flexibility index (Phi) is 4.62. The molecule has 1 aliphatic heterocycles. The van der Waals surface area contributed by atoms with Crippen LogP contribution in [0.4, 0.5) is 4.79 Å². The van der Waals surface area contributed by atoms with E-state index >= 15 is 0 Å². The zero-order valence-electron chi connectivity index (χ0n) is 14.4. The van der Waals surface area contributed by atoms with Crippen molar-refractivity contribution in [3.05, 3.63) is 34.3 Å². The van der Waals surface area contributed by atoms with Crippen molar-refractivity contribution in [2.24, 2.45) is 0 Å². The summed E-state index contributed by atoms with van der Waals surface area (Å²) in [6, 6.07) is 7.37. The van der Waals surface area contributed by atoms with E-state index < -0.39 is 17.1 Å². The first-order valence-corrected chi connectivity index (χ1v) is 9.30. The number of carbonyl (C=O) groups is 3. The van der Waals surface area contributed by atoms with Crippen LogP contribution in [0.3, 0.4) is 0 Å². The summed E-state index contributed by atoms with van der Waals surface area (Å²) < 4.78 is 0.957. The summed E-state index contributed by atoms with van der Waals surface area (Å²) in [5.41, 5.74) is -0.290. The molecule has 2 fully saturated rings. The lowest BCUT2D eigenvalue weighted by atomic mass is 9.72. The quantitative estimate of drug-likeness (QED) is 0.736. The lowest BCUT2D eigenvalue weighted by Crippen LogP contribution is -2.54. The SMILES string of the molecule is CC[C@]1(C)NC(=O)N(CC(=O)NC2(c3cccc(Br)c3)CCC2)C1=O. The second-order valence-corrected chi connectivity index (χ2v) is 7.92. The molecule has 1 aromatic carbocycles. The smallest absolute Gasteiger partial charge is 0.325 e. The highest BCUT2D eigenvalue weighted by Gasteiger charge is 2.48. The van der Waals surface area contributed by atoms with Crippen LogP contribution < -0.4 is 10.6 Å². The number of urea groups is 1. The topological polar surface area (TPSA) is 78.5 Å². The minimum absolute atomic E-state index is 0.254. The van der Waals surface area contributed by atoms with E-state index in [1.807, 2.05) is 31.2 Å². The second-order valence-electron chi connectivity index (χ2n) is 7.00. The normalized spacial score (nSPS) is 24.7. The van der Waals surface area contributed by atoms with Gasteiger partial charge in [0.25, 0.3) is 5.91 Å². The molecule has 0 bridgehead atoms. The molecule has 0 aromatic heterocycles. The van der Waals surface area contributed by atoms with Crippen LogP contribution in [0.2, 0.25) is 0 Å². The third-order valence-corrected chi connectivity index (χ3v) is 5.81. The van der Waals surface area contributed by atoms with Crippen molar-refractivity contribution in [2.45, 2.75) is 50.6 Å². The fraction of sp³-hybridized carbons (Fsp3) is 0.500. The predicted octanol–water partition coefficient (Wildman–Crippen LogP) is 2.67. The maximum Gasteiger partial charge on any atom is 0.325 e. The number of imide groups is 1. The van der Waals surface area contributed by atoms with Crippen molar-refractivity contribution in [3.8, 4) is 0 Å². The van der Waals surface area contributed by atoms with Gasteiger partial charge in [-0.3, -0.25) is 14.5 Å². The Balaban J connectivity index is 1.72. The Morgan fingerprint density at radius 3 is 2.60 bits per heavy atom. The molecule has 2 aliphatic rings. The van der Waals surface area contributed by atoms with Gasteiger partial charge in [-0.05, 0) is 50.3 Å². The first-order chi connectivity index (χ1) is 11.8. The van der Waals surface area contributed by atoms with E-state index in [9.17, 15) is 14.4 Å². The third-order valence-electron chi connectivity index (χ3n) is 5.32. The number of halogens is 1. The van der Waals surface area contributed by atoms with Gasteiger partial charge >= 0.3 is 6.03 Å². The van der Waals surface area contributed by atoms with Crippen LogP contribution in [0.5, 0.6) is 0 Å². The zero-order valence-corrected chi connectivity index (χ0v) is 16.0. The first-order valence-electron chi connectivity index (χ1n) is 8.51. The second kappa shape index (κ2) is 6.44. The predicted molar refractivity (Wildman–Crippen MR) is 96.8 cm³/mol. The van der Waals surface area contributed by atoms with Gasteiger partial charge in [-0.15, -0.1) is 0 Å². The summed E-state index contributed by atoms with van der Waals surface area (Å²) in [5.74, 6) is -0.663. The van der Waals surface area contributed by atoms with Crippen LogP contribution >= 0.6 is 15.9 Å². The lowest BCUT2D eigenvalue weighted by molar-refractivity contribution is -0.135. The highest BCUT2D eigenvalue weighted by Crippen LogP contribution is 2.41. The average molecular weight is 408 g/mol. The summed E-state index contributed by atoms with van der Waals surface area (Å²) in [5, 5.41) is 5.72. The van der Waals surface area contributed by atoms with Crippen LogP contribution in [0.1, 0.15) is 45.1 Å². The molecule has 4 amide bonds. The van der Waals surface area contributed by atoms with E-state index in [0.29, 0.717) is 6.42 Å². The molecule has 1 saturated carbocycles. The molecule has 25 heavy (non-hydrogen) atoms. The van der Waals surface area contributed by atoms with E-state index in [0.717, 1.165) is 34.2 Å². The maximum absolute atomic E-state index is 12.6. The van der Waals surface area contributed by atoms with Gasteiger partial charge in [0.15, 0.2) is 0 Å². The van der Waals surface area contributed by atoms with Gasteiger partial charge in [0, 0.05) is 4.47 Å². The summed E-state index contributed by atoms with van der Waals surface area (Å²) >= 11 is 3.46. The first kappa shape index (κ1) is 17.9. The van der Waals surface area contributed by atoms with E-state index in [-0.39, 0.29) is 18.4 Å². The molecule has 1 aliphatic carbocycles. The van der Waals surface area contributed by atoms with Crippen LogP contribution in [0.15, 0.2) is 28.7 Å². The summed E-state index contributed by atoms with van der Waals surface area (Å²) in [4.78, 5) is 38.1. The van der Waals surface area contributed by atoms with Gasteiger partial charge in [0.1, 0.15) is 12.1 Å². The molecule has 0 radical (unpaired) electrons. The minimum Gasteiger partial charge on any atom is -0.345 e. The fourth-order valence-electron chi connectivity index (χ4n) is 3.38. The molecule has 7 heteroatoms. The molecule has 2 N–H and O–H groups in total.